The van der Waals surface area contributed by atoms with Gasteiger partial charge in [-0.25, -0.2) is 0 Å². The minimum atomic E-state index is -0.922. The van der Waals surface area contributed by atoms with Crippen molar-refractivity contribution in [3.63, 3.8) is 0 Å². The summed E-state index contributed by atoms with van der Waals surface area (Å²) < 4.78 is 0. The van der Waals surface area contributed by atoms with Crippen LogP contribution in [0.1, 0.15) is 43.4 Å². The van der Waals surface area contributed by atoms with Crippen LogP contribution in [0.25, 0.3) is 5.57 Å². The van der Waals surface area contributed by atoms with Crippen LogP contribution in [-0.2, 0) is 10.4 Å². The number of nitrogens with one attached hydrogen (secondary N) is 1. The molecular formula is C16H20N2O2. The smallest absolute Gasteiger partial charge is 0.133 e. The summed E-state index contributed by atoms with van der Waals surface area (Å²) >= 11 is 0. The molecule has 0 bridgehead atoms. The second-order valence-electron chi connectivity index (χ2n) is 5.69. The zero-order valence-corrected chi connectivity index (χ0v) is 11.6. The minimum Gasteiger partial charge on any atom is -0.384 e. The molecule has 4 nitrogen and oxygen atoms in total. The maximum absolute atomic E-state index is 11.3. The van der Waals surface area contributed by atoms with Crippen LogP contribution in [0.4, 0.5) is 0 Å². The zero-order chi connectivity index (χ0) is 14.0. The van der Waals surface area contributed by atoms with Crippen molar-refractivity contribution < 1.29 is 9.90 Å². The van der Waals surface area contributed by atoms with Crippen molar-refractivity contribution in [3.05, 3.63) is 35.7 Å². The summed E-state index contributed by atoms with van der Waals surface area (Å²) in [4.78, 5) is 15.7. The Bertz CT molecular complexity index is 524. The molecule has 0 atom stereocenters. The molecule has 1 fully saturated rings. The lowest BCUT2D eigenvalue weighted by Crippen LogP contribution is -2.32. The first-order valence-electron chi connectivity index (χ1n) is 7.28. The van der Waals surface area contributed by atoms with Crippen LogP contribution < -0.4 is 5.32 Å². The van der Waals surface area contributed by atoms with Crippen LogP contribution in [0.3, 0.4) is 0 Å². The highest BCUT2D eigenvalue weighted by Gasteiger charge is 2.35. The highest BCUT2D eigenvalue weighted by atomic mass is 16.3. The Kier molecular flexibility index (Phi) is 3.68. The number of nitrogens with zero attached hydrogens (tertiary/aromatic N) is 1. The maximum Gasteiger partial charge on any atom is 0.133 e. The molecule has 1 aliphatic carbocycles. The van der Waals surface area contributed by atoms with Gasteiger partial charge in [0.05, 0.1) is 5.69 Å². The first-order chi connectivity index (χ1) is 9.67. The number of carbonyl (C=O) groups is 1. The van der Waals surface area contributed by atoms with Gasteiger partial charge in [0.2, 0.25) is 0 Å². The molecule has 0 radical (unpaired) electrons. The van der Waals surface area contributed by atoms with Crippen molar-refractivity contribution in [1.29, 1.82) is 0 Å². The number of hydrogen-bond donors (Lipinski definition) is 2. The van der Waals surface area contributed by atoms with Gasteiger partial charge in [0.25, 0.3) is 0 Å². The van der Waals surface area contributed by atoms with Crippen LogP contribution in [-0.4, -0.2) is 29.0 Å². The Labute approximate surface area is 118 Å². The highest BCUT2D eigenvalue weighted by Crippen LogP contribution is 2.35. The van der Waals surface area contributed by atoms with Gasteiger partial charge < -0.3 is 10.4 Å². The van der Waals surface area contributed by atoms with E-state index in [-0.39, 0.29) is 5.78 Å². The number of rotatable bonds is 2. The first-order valence-corrected chi connectivity index (χ1v) is 7.28. The fourth-order valence-electron chi connectivity index (χ4n) is 2.94. The van der Waals surface area contributed by atoms with E-state index >= 15 is 0 Å². The summed E-state index contributed by atoms with van der Waals surface area (Å²) in [6.07, 6.45) is 6.94. The summed E-state index contributed by atoms with van der Waals surface area (Å²) in [5, 5.41) is 13.9. The van der Waals surface area contributed by atoms with Gasteiger partial charge in [-0.15, -0.1) is 0 Å². The van der Waals surface area contributed by atoms with E-state index in [2.05, 4.69) is 16.4 Å². The third kappa shape index (κ3) is 2.67. The Morgan fingerprint density at radius 2 is 2.00 bits per heavy atom. The molecule has 1 saturated carbocycles. The van der Waals surface area contributed by atoms with Crippen LogP contribution in [0.5, 0.6) is 0 Å². The van der Waals surface area contributed by atoms with Crippen molar-refractivity contribution in [3.8, 4) is 0 Å². The van der Waals surface area contributed by atoms with Gasteiger partial charge in [-0.2, -0.15) is 0 Å². The second kappa shape index (κ2) is 5.46. The van der Waals surface area contributed by atoms with E-state index in [4.69, 9.17) is 0 Å². The van der Waals surface area contributed by atoms with Crippen molar-refractivity contribution in [1.82, 2.24) is 10.3 Å². The molecule has 2 N–H and O–H groups in total. The summed E-state index contributed by atoms with van der Waals surface area (Å²) in [5.41, 5.74) is 2.22. The zero-order valence-electron chi connectivity index (χ0n) is 11.6. The van der Waals surface area contributed by atoms with E-state index in [1.807, 2.05) is 18.3 Å². The summed E-state index contributed by atoms with van der Waals surface area (Å²) in [5.74, 6) is 0.242. The minimum absolute atomic E-state index is 0.242. The molecule has 0 aromatic carbocycles. The number of carbonyl (C=O) groups excluding carboxylic acids is 1. The lowest BCUT2D eigenvalue weighted by atomic mass is 9.81. The van der Waals surface area contributed by atoms with Crippen molar-refractivity contribution in [2.24, 2.45) is 0 Å². The number of ketones is 1. The van der Waals surface area contributed by atoms with Gasteiger partial charge in [0, 0.05) is 25.6 Å². The molecule has 3 rings (SSSR count). The number of hydrogen-bond acceptors (Lipinski definition) is 4. The van der Waals surface area contributed by atoms with Crippen LogP contribution in [0.15, 0.2) is 24.4 Å². The second-order valence-corrected chi connectivity index (χ2v) is 5.69. The van der Waals surface area contributed by atoms with E-state index in [1.54, 1.807) is 0 Å². The van der Waals surface area contributed by atoms with Crippen LogP contribution in [0, 0.1) is 0 Å². The van der Waals surface area contributed by atoms with Crippen molar-refractivity contribution >= 4 is 11.4 Å². The molecule has 1 aromatic heterocycles. The summed E-state index contributed by atoms with van der Waals surface area (Å²) in [6.45, 7) is 1.91. The molecule has 1 aliphatic heterocycles. The van der Waals surface area contributed by atoms with Gasteiger partial charge in [0.15, 0.2) is 0 Å². The predicted molar refractivity (Wildman–Crippen MR) is 77.1 cm³/mol. The molecule has 0 saturated heterocycles. The molecule has 2 aliphatic rings. The molecule has 20 heavy (non-hydrogen) atoms. The lowest BCUT2D eigenvalue weighted by Gasteiger charge is -2.31. The quantitative estimate of drug-likeness (QED) is 0.861. The Balaban J connectivity index is 1.79. The largest absolute Gasteiger partial charge is 0.384 e. The summed E-state index contributed by atoms with van der Waals surface area (Å²) in [6, 6.07) is 3.95. The fourth-order valence-corrected chi connectivity index (χ4v) is 2.94. The number of aliphatic hydroxyl groups is 1. The van der Waals surface area contributed by atoms with E-state index in [0.29, 0.717) is 31.4 Å². The third-order valence-electron chi connectivity index (χ3n) is 4.31. The lowest BCUT2D eigenvalue weighted by molar-refractivity contribution is -0.125. The molecule has 4 heteroatoms. The normalized spacial score (nSPS) is 22.4. The first kappa shape index (κ1) is 13.5. The van der Waals surface area contributed by atoms with Crippen molar-refractivity contribution in [2.45, 2.75) is 37.7 Å². The number of aromatic nitrogens is 1. The van der Waals surface area contributed by atoms with Gasteiger partial charge >= 0.3 is 0 Å². The Morgan fingerprint density at radius 3 is 2.60 bits per heavy atom. The molecular weight excluding hydrogens is 252 g/mol. The van der Waals surface area contributed by atoms with Crippen molar-refractivity contribution in [2.75, 3.05) is 13.1 Å². The average Bonchev–Trinajstić information content (AvgIpc) is 2.52. The number of Topliss-reactive ketones (excluding diaryl/α,β-unsaturated/α-hetero) is 1. The molecule has 106 valence electrons. The van der Waals surface area contributed by atoms with Gasteiger partial charge in [-0.1, -0.05) is 12.1 Å². The molecule has 0 spiro atoms. The van der Waals surface area contributed by atoms with Gasteiger partial charge in [0.1, 0.15) is 11.4 Å². The standard InChI is InChI=1S/C16H20N2O2/c19-14-3-7-16(20,8-4-14)15-2-1-13(11-18-15)12-5-9-17-10-6-12/h1-2,5,11,17,20H,3-4,6-10H2. The molecule has 2 heterocycles. The van der Waals surface area contributed by atoms with Gasteiger partial charge in [-0.3, -0.25) is 9.78 Å². The topological polar surface area (TPSA) is 62.2 Å². The molecule has 0 amide bonds. The molecule has 0 unspecified atom stereocenters. The van der Waals surface area contributed by atoms with E-state index < -0.39 is 5.60 Å². The van der Waals surface area contributed by atoms with E-state index in [0.717, 1.165) is 25.1 Å². The van der Waals surface area contributed by atoms with Crippen LogP contribution >= 0.6 is 0 Å². The third-order valence-corrected chi connectivity index (χ3v) is 4.31. The highest BCUT2D eigenvalue weighted by molar-refractivity contribution is 5.79. The fraction of sp³-hybridized carbons (Fsp3) is 0.500. The summed E-state index contributed by atoms with van der Waals surface area (Å²) in [7, 11) is 0. The van der Waals surface area contributed by atoms with Crippen LogP contribution in [0.2, 0.25) is 0 Å². The van der Waals surface area contributed by atoms with E-state index in [9.17, 15) is 9.90 Å². The Hall–Kier alpha value is -1.52. The van der Waals surface area contributed by atoms with E-state index in [1.165, 1.54) is 5.57 Å². The SMILES string of the molecule is O=C1CCC(O)(c2ccc(C3=CCNCC3)cn2)CC1. The number of pyridine rings is 1. The molecule has 1 aromatic rings. The van der Waals surface area contributed by atoms with Gasteiger partial charge in [-0.05, 0) is 43.0 Å². The average molecular weight is 272 g/mol. The Morgan fingerprint density at radius 1 is 1.20 bits per heavy atom. The predicted octanol–water partition coefficient (Wildman–Crippen LogP) is 1.79. The monoisotopic (exact) mass is 272 g/mol. The maximum atomic E-state index is 11.3.